The van der Waals surface area contributed by atoms with Crippen LogP contribution in [0.4, 0.5) is 5.95 Å². The molecule has 1 atom stereocenters. The van der Waals surface area contributed by atoms with Crippen LogP contribution in [0.1, 0.15) is 23.0 Å². The molecule has 2 aromatic heterocycles. The molecule has 3 aromatic rings. The van der Waals surface area contributed by atoms with Crippen LogP contribution in [-0.4, -0.2) is 20.5 Å². The number of imidazole rings is 1. The van der Waals surface area contributed by atoms with Crippen LogP contribution in [0.25, 0.3) is 11.0 Å². The lowest BCUT2D eigenvalue weighted by Gasteiger charge is -2.22. The number of benzene rings is 1. The Morgan fingerprint density at radius 2 is 2.24 bits per heavy atom. The number of para-hydroxylation sites is 2. The molecule has 21 heavy (non-hydrogen) atoms. The van der Waals surface area contributed by atoms with Crippen LogP contribution in [-0.2, 0) is 6.42 Å². The lowest BCUT2D eigenvalue weighted by atomic mass is 10.3. The topological polar surface area (TPSA) is 81.1 Å². The van der Waals surface area contributed by atoms with E-state index in [1.54, 1.807) is 11.3 Å². The molecule has 106 valence electrons. The molecule has 0 aliphatic carbocycles. The number of fused-ring (bicyclic) bond motifs is 3. The van der Waals surface area contributed by atoms with E-state index in [0.717, 1.165) is 33.3 Å². The standard InChI is InChI=1S/C14H14N6S/c1-2-11-16-7-10(21-11)12-18-13(15)19-14-17-8-5-3-4-6-9(8)20(12)14/h3-7,12H,2H2,1H3,(H3,15,17,18,19)/t12-/m0/s1. The molecule has 0 radical (unpaired) electrons. The second kappa shape index (κ2) is 4.56. The van der Waals surface area contributed by atoms with Crippen LogP contribution in [0.15, 0.2) is 35.5 Å². The number of guanidine groups is 1. The zero-order chi connectivity index (χ0) is 14.4. The normalized spacial score (nSPS) is 17.4. The number of thiazole rings is 1. The predicted octanol–water partition coefficient (Wildman–Crippen LogP) is 2.34. The van der Waals surface area contributed by atoms with E-state index in [0.29, 0.717) is 5.96 Å². The third-order valence-corrected chi connectivity index (χ3v) is 4.65. The third-order valence-electron chi connectivity index (χ3n) is 3.47. The molecule has 1 aliphatic heterocycles. The first-order chi connectivity index (χ1) is 10.3. The van der Waals surface area contributed by atoms with Crippen LogP contribution in [0.5, 0.6) is 0 Å². The van der Waals surface area contributed by atoms with E-state index in [9.17, 15) is 0 Å². The maximum atomic E-state index is 5.91. The molecular formula is C14H14N6S. The van der Waals surface area contributed by atoms with Gasteiger partial charge in [-0.15, -0.1) is 11.3 Å². The summed E-state index contributed by atoms with van der Waals surface area (Å²) in [4.78, 5) is 14.6. The van der Waals surface area contributed by atoms with Gasteiger partial charge in [0.05, 0.1) is 20.9 Å². The van der Waals surface area contributed by atoms with Gasteiger partial charge >= 0.3 is 0 Å². The Morgan fingerprint density at radius 3 is 3.05 bits per heavy atom. The van der Waals surface area contributed by atoms with Gasteiger partial charge in [-0.2, -0.15) is 0 Å². The van der Waals surface area contributed by atoms with Crippen molar-refractivity contribution in [1.82, 2.24) is 14.5 Å². The van der Waals surface area contributed by atoms with Gasteiger partial charge in [0.15, 0.2) is 12.1 Å². The number of nitrogens with one attached hydrogen (secondary N) is 1. The number of nitrogens with two attached hydrogens (primary N) is 1. The molecule has 3 N–H and O–H groups in total. The maximum absolute atomic E-state index is 5.91. The summed E-state index contributed by atoms with van der Waals surface area (Å²) in [7, 11) is 0. The van der Waals surface area contributed by atoms with Crippen molar-refractivity contribution in [3.8, 4) is 0 Å². The quantitative estimate of drug-likeness (QED) is 0.761. The zero-order valence-electron chi connectivity index (χ0n) is 11.4. The van der Waals surface area contributed by atoms with Crippen LogP contribution in [0.3, 0.4) is 0 Å². The molecule has 7 heteroatoms. The van der Waals surface area contributed by atoms with Crippen LogP contribution >= 0.6 is 11.3 Å². The fraction of sp³-hybridized carbons (Fsp3) is 0.214. The van der Waals surface area contributed by atoms with Gasteiger partial charge in [0.25, 0.3) is 0 Å². The molecular weight excluding hydrogens is 284 g/mol. The number of aliphatic imine (C=N–C) groups is 1. The largest absolute Gasteiger partial charge is 0.370 e. The fourth-order valence-electron chi connectivity index (χ4n) is 2.51. The minimum atomic E-state index is -0.202. The van der Waals surface area contributed by atoms with Gasteiger partial charge in [-0.1, -0.05) is 19.1 Å². The van der Waals surface area contributed by atoms with Crippen molar-refractivity contribution in [3.05, 3.63) is 40.3 Å². The first-order valence-corrected chi connectivity index (χ1v) is 7.60. The Bertz CT molecular complexity index is 846. The van der Waals surface area contributed by atoms with E-state index in [-0.39, 0.29) is 6.17 Å². The predicted molar refractivity (Wildman–Crippen MR) is 84.6 cm³/mol. The summed E-state index contributed by atoms with van der Waals surface area (Å²) in [6.07, 6.45) is 2.60. The highest BCUT2D eigenvalue weighted by atomic mass is 32.1. The minimum absolute atomic E-state index is 0.202. The van der Waals surface area contributed by atoms with E-state index in [1.165, 1.54) is 0 Å². The first kappa shape index (κ1) is 12.3. The minimum Gasteiger partial charge on any atom is -0.370 e. The molecule has 0 fully saturated rings. The van der Waals surface area contributed by atoms with E-state index >= 15 is 0 Å². The maximum Gasteiger partial charge on any atom is 0.212 e. The summed E-state index contributed by atoms with van der Waals surface area (Å²) in [6, 6.07) is 8.00. The van der Waals surface area contributed by atoms with Gasteiger partial charge in [0.1, 0.15) is 0 Å². The molecule has 0 saturated heterocycles. The Balaban J connectivity index is 1.93. The van der Waals surface area contributed by atoms with E-state index in [2.05, 4.69) is 31.8 Å². The molecule has 0 unspecified atom stereocenters. The highest BCUT2D eigenvalue weighted by Gasteiger charge is 2.26. The molecule has 3 heterocycles. The highest BCUT2D eigenvalue weighted by Crippen LogP contribution is 2.34. The summed E-state index contributed by atoms with van der Waals surface area (Å²) >= 11 is 1.67. The van der Waals surface area contributed by atoms with Crippen LogP contribution in [0, 0.1) is 0 Å². The summed E-state index contributed by atoms with van der Waals surface area (Å²) in [5.41, 5.74) is 7.87. The molecule has 6 nitrogen and oxygen atoms in total. The zero-order valence-corrected chi connectivity index (χ0v) is 12.3. The second-order valence-corrected chi connectivity index (χ2v) is 5.96. The number of nitrogens with zero attached hydrogens (tertiary/aromatic N) is 4. The van der Waals surface area contributed by atoms with Crippen LogP contribution < -0.4 is 11.1 Å². The summed E-state index contributed by atoms with van der Waals surface area (Å²) < 4.78 is 2.07. The molecule has 1 aliphatic rings. The van der Waals surface area contributed by atoms with Gasteiger partial charge in [-0.25, -0.2) is 15.0 Å². The van der Waals surface area contributed by atoms with Crippen molar-refractivity contribution in [2.24, 2.45) is 10.7 Å². The molecule has 0 amide bonds. The average Bonchev–Trinajstić information content (AvgIpc) is 3.10. The molecule has 4 rings (SSSR count). The van der Waals surface area contributed by atoms with Gasteiger partial charge in [-0.3, -0.25) is 9.88 Å². The number of hydrogen-bond donors (Lipinski definition) is 2. The van der Waals surface area contributed by atoms with Crippen molar-refractivity contribution >= 4 is 34.3 Å². The Morgan fingerprint density at radius 1 is 1.38 bits per heavy atom. The lowest BCUT2D eigenvalue weighted by Crippen LogP contribution is -2.31. The highest BCUT2D eigenvalue weighted by molar-refractivity contribution is 7.11. The van der Waals surface area contributed by atoms with Crippen molar-refractivity contribution in [2.75, 3.05) is 5.32 Å². The SMILES string of the molecule is CCc1ncc([C@H]2N=C(N)Nc3nc4ccccc4n32)s1. The number of aromatic nitrogens is 3. The van der Waals surface area contributed by atoms with E-state index in [4.69, 9.17) is 5.73 Å². The monoisotopic (exact) mass is 298 g/mol. The van der Waals surface area contributed by atoms with Crippen molar-refractivity contribution in [1.29, 1.82) is 0 Å². The van der Waals surface area contributed by atoms with E-state index < -0.39 is 0 Å². The number of anilines is 1. The van der Waals surface area contributed by atoms with Crippen LogP contribution in [0.2, 0.25) is 0 Å². The smallest absolute Gasteiger partial charge is 0.212 e. The first-order valence-electron chi connectivity index (χ1n) is 6.78. The number of aryl methyl sites for hydroxylation is 1. The van der Waals surface area contributed by atoms with Crippen molar-refractivity contribution < 1.29 is 0 Å². The van der Waals surface area contributed by atoms with Gasteiger partial charge < -0.3 is 5.73 Å². The fourth-order valence-corrected chi connectivity index (χ4v) is 3.41. The lowest BCUT2D eigenvalue weighted by molar-refractivity contribution is 0.636. The van der Waals surface area contributed by atoms with Gasteiger partial charge in [0, 0.05) is 6.20 Å². The molecule has 0 bridgehead atoms. The Labute approximate surface area is 125 Å². The molecule has 0 spiro atoms. The number of hydrogen-bond acceptors (Lipinski definition) is 6. The Kier molecular flexibility index (Phi) is 2.68. The Hall–Kier alpha value is -2.41. The molecule has 1 aromatic carbocycles. The summed E-state index contributed by atoms with van der Waals surface area (Å²) in [5.74, 6) is 1.11. The molecule has 0 saturated carbocycles. The van der Waals surface area contributed by atoms with E-state index in [1.807, 2.05) is 30.5 Å². The summed E-state index contributed by atoms with van der Waals surface area (Å²) in [5, 5.41) is 4.13. The second-order valence-electron chi connectivity index (χ2n) is 4.82. The third kappa shape index (κ3) is 1.89. The average molecular weight is 298 g/mol. The summed E-state index contributed by atoms with van der Waals surface area (Å²) in [6.45, 7) is 2.10. The van der Waals surface area contributed by atoms with Gasteiger partial charge in [0.2, 0.25) is 5.95 Å². The van der Waals surface area contributed by atoms with Crippen molar-refractivity contribution in [2.45, 2.75) is 19.5 Å². The van der Waals surface area contributed by atoms with Crippen molar-refractivity contribution in [3.63, 3.8) is 0 Å². The van der Waals surface area contributed by atoms with Gasteiger partial charge in [-0.05, 0) is 18.6 Å². The number of rotatable bonds is 2.